The molecule has 5 heteroatoms. The molecule has 0 unspecified atom stereocenters. The van der Waals surface area contributed by atoms with E-state index in [1.165, 1.54) is 0 Å². The first-order valence-electron chi connectivity index (χ1n) is 6.89. The topological polar surface area (TPSA) is 58.6 Å². The first kappa shape index (κ1) is 14.4. The highest BCUT2D eigenvalue weighted by molar-refractivity contribution is 5.95. The third-order valence-electron chi connectivity index (χ3n) is 3.05. The van der Waals surface area contributed by atoms with Crippen LogP contribution in [0, 0.1) is 0 Å². The molecule has 0 aliphatic carbocycles. The average Bonchev–Trinajstić information content (AvgIpc) is 2.62. The van der Waals surface area contributed by atoms with Gasteiger partial charge in [-0.1, -0.05) is 6.07 Å². The van der Waals surface area contributed by atoms with Crippen LogP contribution in [0.4, 0.5) is 0 Å². The lowest BCUT2D eigenvalue weighted by molar-refractivity contribution is -0.120. The van der Waals surface area contributed by atoms with Crippen molar-refractivity contribution in [2.75, 3.05) is 19.6 Å². The van der Waals surface area contributed by atoms with Crippen molar-refractivity contribution in [3.63, 3.8) is 0 Å². The molecule has 0 atom stereocenters. The van der Waals surface area contributed by atoms with Crippen LogP contribution in [0.2, 0.25) is 0 Å². The summed E-state index contributed by atoms with van der Waals surface area (Å²) in [7, 11) is 0. The summed E-state index contributed by atoms with van der Waals surface area (Å²) < 4.78 is 5.60. The molecule has 20 heavy (non-hydrogen) atoms. The van der Waals surface area contributed by atoms with E-state index in [1.807, 2.05) is 26.0 Å². The number of carbonyl (C=O) groups excluding carboxylic acids is 2. The van der Waals surface area contributed by atoms with Crippen molar-refractivity contribution >= 4 is 11.8 Å². The van der Waals surface area contributed by atoms with Gasteiger partial charge >= 0.3 is 0 Å². The molecule has 1 saturated heterocycles. The van der Waals surface area contributed by atoms with Gasteiger partial charge in [0, 0.05) is 31.6 Å². The molecule has 0 saturated carbocycles. The Bertz CT molecular complexity index is 500. The molecule has 1 heterocycles. The maximum Gasteiger partial charge on any atom is 0.254 e. The molecule has 1 aliphatic rings. The van der Waals surface area contributed by atoms with Gasteiger partial charge in [-0.2, -0.15) is 0 Å². The normalized spacial score (nSPS) is 15.8. The van der Waals surface area contributed by atoms with Gasteiger partial charge in [0.2, 0.25) is 5.91 Å². The van der Waals surface area contributed by atoms with Crippen LogP contribution in [0.25, 0.3) is 0 Å². The van der Waals surface area contributed by atoms with E-state index in [0.717, 1.165) is 0 Å². The molecule has 5 nitrogen and oxygen atoms in total. The molecule has 0 radical (unpaired) electrons. The number of amides is 2. The van der Waals surface area contributed by atoms with Crippen LogP contribution in [-0.4, -0.2) is 42.5 Å². The Morgan fingerprint density at radius 3 is 2.90 bits per heavy atom. The van der Waals surface area contributed by atoms with Crippen LogP contribution < -0.4 is 10.1 Å². The summed E-state index contributed by atoms with van der Waals surface area (Å²) in [5, 5.41) is 2.76. The second-order valence-corrected chi connectivity index (χ2v) is 5.09. The molecule has 108 valence electrons. The van der Waals surface area contributed by atoms with Crippen molar-refractivity contribution in [1.29, 1.82) is 0 Å². The molecule has 2 rings (SSSR count). The Labute approximate surface area is 118 Å². The Hall–Kier alpha value is -2.04. The third kappa shape index (κ3) is 3.73. The summed E-state index contributed by atoms with van der Waals surface area (Å²) in [4.78, 5) is 25.4. The number of rotatable bonds is 3. The standard InChI is InChI=1S/C15H20N2O3/c1-11(2)20-13-5-3-4-12(10-13)15(19)17-8-6-14(18)16-7-9-17/h3-5,10-11H,6-9H2,1-2H3,(H,16,18). The summed E-state index contributed by atoms with van der Waals surface area (Å²) in [6.45, 7) is 5.40. The highest BCUT2D eigenvalue weighted by atomic mass is 16.5. The maximum absolute atomic E-state index is 12.4. The Kier molecular flexibility index (Phi) is 4.61. The molecular weight excluding hydrogens is 256 g/mol. The van der Waals surface area contributed by atoms with Gasteiger partial charge in [0.25, 0.3) is 5.91 Å². The van der Waals surface area contributed by atoms with E-state index in [2.05, 4.69) is 5.32 Å². The fourth-order valence-electron chi connectivity index (χ4n) is 2.13. The lowest BCUT2D eigenvalue weighted by Gasteiger charge is -2.20. The van der Waals surface area contributed by atoms with Gasteiger partial charge in [0.05, 0.1) is 6.10 Å². The zero-order valence-corrected chi connectivity index (χ0v) is 11.9. The summed E-state index contributed by atoms with van der Waals surface area (Å²) in [6.07, 6.45) is 0.425. The Morgan fingerprint density at radius 2 is 2.15 bits per heavy atom. The van der Waals surface area contributed by atoms with Gasteiger partial charge in [-0.15, -0.1) is 0 Å². The highest BCUT2D eigenvalue weighted by Crippen LogP contribution is 2.16. The molecule has 1 aromatic carbocycles. The van der Waals surface area contributed by atoms with Crippen molar-refractivity contribution in [2.24, 2.45) is 0 Å². The zero-order chi connectivity index (χ0) is 14.5. The number of carbonyl (C=O) groups is 2. The number of benzene rings is 1. The quantitative estimate of drug-likeness (QED) is 0.908. The average molecular weight is 276 g/mol. The van der Waals surface area contributed by atoms with Gasteiger partial charge in [0.1, 0.15) is 5.75 Å². The lowest BCUT2D eigenvalue weighted by atomic mass is 10.2. The van der Waals surface area contributed by atoms with E-state index in [-0.39, 0.29) is 17.9 Å². The van der Waals surface area contributed by atoms with Crippen LogP contribution in [-0.2, 0) is 4.79 Å². The zero-order valence-electron chi connectivity index (χ0n) is 11.9. The molecule has 1 N–H and O–H groups in total. The fourth-order valence-corrected chi connectivity index (χ4v) is 2.13. The van der Waals surface area contributed by atoms with Crippen molar-refractivity contribution in [2.45, 2.75) is 26.4 Å². The van der Waals surface area contributed by atoms with E-state index >= 15 is 0 Å². The number of nitrogens with zero attached hydrogens (tertiary/aromatic N) is 1. The largest absolute Gasteiger partial charge is 0.491 e. The van der Waals surface area contributed by atoms with Crippen molar-refractivity contribution < 1.29 is 14.3 Å². The summed E-state index contributed by atoms with van der Waals surface area (Å²) >= 11 is 0. The van der Waals surface area contributed by atoms with E-state index in [4.69, 9.17) is 4.74 Å². The summed E-state index contributed by atoms with van der Waals surface area (Å²) in [5.74, 6) is 0.628. The lowest BCUT2D eigenvalue weighted by Crippen LogP contribution is -2.34. The molecule has 1 aliphatic heterocycles. The first-order valence-corrected chi connectivity index (χ1v) is 6.89. The van der Waals surface area contributed by atoms with E-state index in [9.17, 15) is 9.59 Å². The second kappa shape index (κ2) is 6.41. The molecule has 1 fully saturated rings. The summed E-state index contributed by atoms with van der Waals surface area (Å²) in [6, 6.07) is 7.18. The Balaban J connectivity index is 2.10. The van der Waals surface area contributed by atoms with E-state index < -0.39 is 0 Å². The van der Waals surface area contributed by atoms with Gasteiger partial charge in [-0.3, -0.25) is 9.59 Å². The first-order chi connectivity index (χ1) is 9.56. The summed E-state index contributed by atoms with van der Waals surface area (Å²) in [5.41, 5.74) is 0.595. The molecule has 1 aromatic rings. The molecule has 0 aromatic heterocycles. The number of ether oxygens (including phenoxy) is 1. The van der Waals surface area contributed by atoms with Gasteiger partial charge in [-0.25, -0.2) is 0 Å². The monoisotopic (exact) mass is 276 g/mol. The van der Waals surface area contributed by atoms with Crippen molar-refractivity contribution in [3.05, 3.63) is 29.8 Å². The highest BCUT2D eigenvalue weighted by Gasteiger charge is 2.20. The van der Waals surface area contributed by atoms with Gasteiger partial charge in [0.15, 0.2) is 0 Å². The Morgan fingerprint density at radius 1 is 1.35 bits per heavy atom. The smallest absolute Gasteiger partial charge is 0.254 e. The predicted octanol–water partition coefficient (Wildman–Crippen LogP) is 1.44. The van der Waals surface area contributed by atoms with Gasteiger partial charge < -0.3 is 15.0 Å². The predicted molar refractivity (Wildman–Crippen MR) is 75.7 cm³/mol. The van der Waals surface area contributed by atoms with Crippen LogP contribution >= 0.6 is 0 Å². The van der Waals surface area contributed by atoms with E-state index in [1.54, 1.807) is 17.0 Å². The number of hydrogen-bond acceptors (Lipinski definition) is 3. The SMILES string of the molecule is CC(C)Oc1cccc(C(=O)N2CCNC(=O)CC2)c1. The minimum absolute atomic E-state index is 0.00260. The third-order valence-corrected chi connectivity index (χ3v) is 3.05. The number of hydrogen-bond donors (Lipinski definition) is 1. The van der Waals surface area contributed by atoms with Crippen LogP contribution in [0.1, 0.15) is 30.6 Å². The van der Waals surface area contributed by atoms with Gasteiger partial charge in [-0.05, 0) is 32.0 Å². The van der Waals surface area contributed by atoms with Crippen LogP contribution in [0.5, 0.6) is 5.75 Å². The fraction of sp³-hybridized carbons (Fsp3) is 0.467. The van der Waals surface area contributed by atoms with Crippen LogP contribution in [0.3, 0.4) is 0 Å². The minimum Gasteiger partial charge on any atom is -0.491 e. The van der Waals surface area contributed by atoms with Crippen molar-refractivity contribution in [1.82, 2.24) is 10.2 Å². The van der Waals surface area contributed by atoms with Crippen molar-refractivity contribution in [3.8, 4) is 5.75 Å². The molecule has 0 spiro atoms. The minimum atomic E-state index is -0.0595. The van der Waals surface area contributed by atoms with Crippen LogP contribution in [0.15, 0.2) is 24.3 Å². The molecule has 0 bridgehead atoms. The molecular formula is C15H20N2O3. The number of nitrogens with one attached hydrogen (secondary N) is 1. The second-order valence-electron chi connectivity index (χ2n) is 5.09. The van der Waals surface area contributed by atoms with E-state index in [0.29, 0.717) is 37.4 Å². The molecule has 2 amide bonds. The maximum atomic E-state index is 12.4.